The van der Waals surface area contributed by atoms with Crippen molar-refractivity contribution in [1.29, 1.82) is 0 Å². The van der Waals surface area contributed by atoms with E-state index in [0.29, 0.717) is 94.5 Å². The molecule has 3 aliphatic heterocycles. The average molecular weight is 1910 g/mol. The highest BCUT2D eigenvalue weighted by Gasteiger charge is 2.48. The molecule has 6 heterocycles. The van der Waals surface area contributed by atoms with Crippen LogP contribution < -0.4 is 42.0 Å². The Balaban J connectivity index is 0.868. The molecule has 133 heavy (non-hydrogen) atoms. The third-order valence-electron chi connectivity index (χ3n) is 21.7. The molecule has 13 N–H and O–H groups in total. The van der Waals surface area contributed by atoms with E-state index in [0.717, 1.165) is 6.42 Å². The molecule has 45 nitrogen and oxygen atoms in total. The number of rotatable bonds is 67. The Kier molecular flexibility index (Phi) is 50.7. The predicted molar refractivity (Wildman–Crippen MR) is 449 cm³/mol. The topological polar surface area (TPSA) is 573 Å². The number of nitrogens with zero attached hydrogens (tertiary/aromatic N) is 9. The zero-order valence-electron chi connectivity index (χ0n) is 75.9. The highest BCUT2D eigenvalue weighted by atomic mass is 19.2. The van der Waals surface area contributed by atoms with E-state index in [9.17, 15) is 90.9 Å². The molecule has 1 aromatic carbocycles. The third kappa shape index (κ3) is 39.5. The van der Waals surface area contributed by atoms with Crippen molar-refractivity contribution in [3.63, 3.8) is 0 Å². The van der Waals surface area contributed by atoms with Crippen molar-refractivity contribution in [3.8, 4) is 5.75 Å². The van der Waals surface area contributed by atoms with E-state index in [1.165, 1.54) is 51.5 Å². The predicted octanol–water partition coefficient (Wildman–Crippen LogP) is -1.14. The highest BCUT2D eigenvalue weighted by Crippen LogP contribution is 2.32. The number of carbonyl (C=O) groups is 8. The van der Waals surface area contributed by atoms with Gasteiger partial charge in [-0.05, 0) is 51.4 Å². The summed E-state index contributed by atoms with van der Waals surface area (Å²) in [5.74, 6) is -17.2. The van der Waals surface area contributed by atoms with Crippen molar-refractivity contribution in [1.82, 2.24) is 82.2 Å². The maximum absolute atomic E-state index is 14.2. The van der Waals surface area contributed by atoms with Crippen LogP contribution in [0.5, 0.6) is 5.75 Å². The van der Waals surface area contributed by atoms with E-state index in [-0.39, 0.29) is 183 Å². The number of amides is 7. The summed E-state index contributed by atoms with van der Waals surface area (Å²) in [5.41, 5.74) is 0.310. The number of nitrogens with one attached hydrogen (secondary N) is 7. The number of hydrogen-bond acceptors (Lipinski definition) is 35. The molecule has 3 saturated heterocycles. The molecule has 0 unspecified atom stereocenters. The first-order valence-electron chi connectivity index (χ1n) is 44.5. The van der Waals surface area contributed by atoms with Crippen molar-refractivity contribution in [3.05, 3.63) is 64.8 Å². The fourth-order valence-corrected chi connectivity index (χ4v) is 14.6. The third-order valence-corrected chi connectivity index (χ3v) is 21.7. The quantitative estimate of drug-likeness (QED) is 0.00620. The second kappa shape index (κ2) is 60.7. The van der Waals surface area contributed by atoms with Gasteiger partial charge in [-0.2, -0.15) is 8.78 Å². The molecule has 50 heteroatoms. The minimum atomic E-state index is -2.38. The summed E-state index contributed by atoms with van der Waals surface area (Å²) in [6.45, 7) is 6.94. The number of ether oxygens (including phenoxy) is 15. The molecule has 0 radical (unpaired) electrons. The lowest BCUT2D eigenvalue weighted by molar-refractivity contribution is -0.265. The van der Waals surface area contributed by atoms with Gasteiger partial charge in [-0.25, -0.2) is 27.2 Å². The molecule has 3 aliphatic rings. The van der Waals surface area contributed by atoms with Gasteiger partial charge in [-0.3, -0.25) is 38.4 Å². The fraction of sp³-hybridized carbons (Fsp3) is 0.759. The van der Waals surface area contributed by atoms with E-state index in [4.69, 9.17) is 66.3 Å². The second-order valence-corrected chi connectivity index (χ2v) is 32.1. The summed E-state index contributed by atoms with van der Waals surface area (Å²) in [6.07, 6.45) is -3.73. The molecule has 3 fully saturated rings. The summed E-state index contributed by atoms with van der Waals surface area (Å²) in [4.78, 5) is 103. The number of halogens is 5. The van der Waals surface area contributed by atoms with Gasteiger partial charge in [0, 0.05) is 106 Å². The summed E-state index contributed by atoms with van der Waals surface area (Å²) < 4.78 is 157. The van der Waals surface area contributed by atoms with Crippen LogP contribution in [0, 0.1) is 29.1 Å². The standard InChI is InChI=1S/C83H131F5N16O29/c1-51(105)92-70-76(116)73(113)57(130-80(70)119-4)17-15-16-54-44-102(99-96-54)29-35-125-41-38-122-32-26-89-60(108)20-23-83(95-63(111)18-13-11-9-7-8-10-12-14-19-64(112)133-79-68(87)66(85)65(84)67(86)69(79)88,24-21-61(109)90-27-33-123-39-42-126-36-30-103-45-55(97-100-103)47-128-49-58-74(114)77(117)71(93-52(2)106)81(120-5)131-58)25-22-62(110)91-28-34-124-40-43-127-37-31-104-46-56(98-101-104)48-129-50-59-75(115)78(118)72(94-53(3)107)82(121-6)132-59/h44-46,57-59,70-78,80-82,113-118H,7-43,47-50H2,1-6H3,(H,89,108)(H,90,109)(H,91,110)(H,92,105)(H,93,106)(H,94,107)(H,95,111)/t57-,58-,59-,70-,71-,72-,73+,74+,75+,76-,77-,78-,80-,81-,82-/m1/s1. The van der Waals surface area contributed by atoms with Crippen LogP contribution in [-0.2, 0) is 144 Å². The van der Waals surface area contributed by atoms with E-state index in [1.807, 2.05) is 0 Å². The van der Waals surface area contributed by atoms with Crippen LogP contribution in [0.4, 0.5) is 22.0 Å². The highest BCUT2D eigenvalue weighted by molar-refractivity contribution is 5.80. The van der Waals surface area contributed by atoms with Crippen LogP contribution >= 0.6 is 0 Å². The second-order valence-electron chi connectivity index (χ2n) is 32.1. The average Bonchev–Trinajstić information content (AvgIpc) is 1.02. The number of aliphatic hydroxyl groups is 6. The van der Waals surface area contributed by atoms with Gasteiger partial charge in [-0.1, -0.05) is 54.2 Å². The van der Waals surface area contributed by atoms with Crippen LogP contribution in [0.15, 0.2) is 18.6 Å². The van der Waals surface area contributed by atoms with Gasteiger partial charge >= 0.3 is 5.97 Å². The number of aliphatic hydroxyl groups excluding tert-OH is 6. The molecule has 15 atom stereocenters. The number of esters is 1. The van der Waals surface area contributed by atoms with Crippen LogP contribution in [0.2, 0.25) is 0 Å². The SMILES string of the molecule is CO[C@@H]1O[C@H](CCCc2cn(CCOCCOCCNC(=O)CCC(CCC(=O)NCCOCCOCCn3cc(COC[C@H]4O[C@@H](OC)[C@H](NC(C)=O)[C@@H](O)[C@H]4O)nn3)(CCC(=O)NCCOCCOCCn3cc(COC[C@H]4O[C@@H](OC)[C@H](NC(C)=O)[C@@H](O)[C@H]4O)nn3)NC(=O)CCCCCCCCCCC(=O)Oc3c(F)c(F)c(F)c(F)c3F)nn2)[C@H](O)[C@H](O)[C@H]1NC(C)=O. The van der Waals surface area contributed by atoms with Crippen molar-refractivity contribution < 1.29 is 162 Å². The number of aromatic nitrogens is 9. The lowest BCUT2D eigenvalue weighted by atomic mass is 9.82. The van der Waals surface area contributed by atoms with Gasteiger partial charge < -0.3 is 139 Å². The van der Waals surface area contributed by atoms with Gasteiger partial charge in [0.05, 0.1) is 150 Å². The first kappa shape index (κ1) is 111. The van der Waals surface area contributed by atoms with Gasteiger partial charge in [0.2, 0.25) is 76.2 Å². The Labute approximate surface area is 765 Å². The molecule has 0 aliphatic carbocycles. The minimum Gasteiger partial charge on any atom is -0.420 e. The Hall–Kier alpha value is -8.75. The number of carbonyl (C=O) groups excluding carboxylic acids is 8. The largest absolute Gasteiger partial charge is 0.420 e. The van der Waals surface area contributed by atoms with Crippen molar-refractivity contribution in [2.75, 3.05) is 133 Å². The van der Waals surface area contributed by atoms with Crippen LogP contribution in [-0.4, -0.2) is 354 Å². The molecular formula is C83H131F5N16O29. The van der Waals surface area contributed by atoms with Crippen LogP contribution in [0.25, 0.3) is 0 Å². The minimum absolute atomic E-state index is 0.00140. The Morgan fingerprint density at radius 1 is 0.391 bits per heavy atom. The van der Waals surface area contributed by atoms with E-state index < -0.39 is 180 Å². The van der Waals surface area contributed by atoms with Gasteiger partial charge in [0.15, 0.2) is 18.9 Å². The first-order valence-corrected chi connectivity index (χ1v) is 44.5. The molecule has 4 aromatic rings. The smallest absolute Gasteiger partial charge is 0.311 e. The van der Waals surface area contributed by atoms with E-state index >= 15 is 0 Å². The van der Waals surface area contributed by atoms with Crippen LogP contribution in [0.1, 0.15) is 153 Å². The number of benzene rings is 1. The Morgan fingerprint density at radius 2 is 0.722 bits per heavy atom. The maximum atomic E-state index is 14.2. The molecule has 7 rings (SSSR count). The summed E-state index contributed by atoms with van der Waals surface area (Å²) in [7, 11) is 4.05. The Morgan fingerprint density at radius 3 is 1.10 bits per heavy atom. The molecule has 0 spiro atoms. The lowest BCUT2D eigenvalue weighted by Gasteiger charge is -2.42. The molecule has 0 bridgehead atoms. The molecule has 7 amide bonds. The fourth-order valence-electron chi connectivity index (χ4n) is 14.6. The molecule has 752 valence electrons. The zero-order chi connectivity index (χ0) is 96.6. The number of aryl methyl sites for hydroxylation is 1. The molecule has 0 saturated carbocycles. The lowest BCUT2D eigenvalue weighted by Crippen LogP contribution is -2.64. The summed E-state index contributed by atoms with van der Waals surface area (Å²) in [5, 5.41) is 108. The van der Waals surface area contributed by atoms with E-state index in [2.05, 4.69) is 72.9 Å². The number of unbranched alkanes of at least 4 members (excludes halogenated alkanes) is 7. The van der Waals surface area contributed by atoms with Gasteiger partial charge in [0.25, 0.3) is 0 Å². The number of methoxy groups -OCH3 is 3. The van der Waals surface area contributed by atoms with Crippen molar-refractivity contribution >= 4 is 47.3 Å². The molecular weight excluding hydrogens is 1780 g/mol. The zero-order valence-corrected chi connectivity index (χ0v) is 75.9. The first-order chi connectivity index (χ1) is 63.9. The van der Waals surface area contributed by atoms with Crippen molar-refractivity contribution in [2.24, 2.45) is 0 Å². The number of hydrogen-bond donors (Lipinski definition) is 13. The maximum Gasteiger partial charge on any atom is 0.311 e. The van der Waals surface area contributed by atoms with Crippen LogP contribution in [0.3, 0.4) is 0 Å². The molecule has 3 aromatic heterocycles. The van der Waals surface area contributed by atoms with Gasteiger partial charge in [-0.15, -0.1) is 15.3 Å². The summed E-state index contributed by atoms with van der Waals surface area (Å²) >= 11 is 0. The summed E-state index contributed by atoms with van der Waals surface area (Å²) in [6, 6.07) is -2.94. The normalized spacial score (nSPS) is 22.0. The van der Waals surface area contributed by atoms with Crippen molar-refractivity contribution in [2.45, 2.75) is 273 Å². The van der Waals surface area contributed by atoms with E-state index in [1.54, 1.807) is 23.3 Å². The monoisotopic (exact) mass is 1910 g/mol. The van der Waals surface area contributed by atoms with Gasteiger partial charge in [0.1, 0.15) is 78.3 Å². The Bertz CT molecular complexity index is 3790.